The fourth-order valence-electron chi connectivity index (χ4n) is 2.48. The van der Waals surface area contributed by atoms with Gasteiger partial charge in [-0.25, -0.2) is 0 Å². The van der Waals surface area contributed by atoms with Gasteiger partial charge < -0.3 is 14.8 Å². The number of carbonyl (C=O) groups is 2. The summed E-state index contributed by atoms with van der Waals surface area (Å²) in [5.41, 5.74) is 0. The van der Waals surface area contributed by atoms with Gasteiger partial charge in [-0.3, -0.25) is 9.59 Å². The van der Waals surface area contributed by atoms with Gasteiger partial charge in [0.05, 0.1) is 12.2 Å². The van der Waals surface area contributed by atoms with Crippen LogP contribution in [0.25, 0.3) is 0 Å². The van der Waals surface area contributed by atoms with E-state index in [9.17, 15) is 9.59 Å². The van der Waals surface area contributed by atoms with Crippen LogP contribution in [0.1, 0.15) is 37.9 Å². The standard InChI is InChI=1S/C14H19NO4/c16-13(8-7-12-2-1-9-19-12)15-11-5-3-10(4-6-11)14(17)18/h1-2,9-11H,3-8H2,(H,15,16)(H,17,18). The molecule has 2 N–H and O–H groups in total. The molecule has 1 aliphatic carbocycles. The fraction of sp³-hybridized carbons (Fsp3) is 0.571. The second-order valence-corrected chi connectivity index (χ2v) is 5.03. The minimum Gasteiger partial charge on any atom is -0.481 e. The van der Waals surface area contributed by atoms with Crippen molar-refractivity contribution in [3.05, 3.63) is 24.2 Å². The number of aryl methyl sites for hydroxylation is 1. The van der Waals surface area contributed by atoms with E-state index in [1.165, 1.54) is 0 Å². The predicted molar refractivity (Wildman–Crippen MR) is 68.6 cm³/mol. The smallest absolute Gasteiger partial charge is 0.306 e. The van der Waals surface area contributed by atoms with Crippen LogP contribution in [0.4, 0.5) is 0 Å². The Balaban J connectivity index is 1.67. The van der Waals surface area contributed by atoms with E-state index in [1.807, 2.05) is 6.07 Å². The first-order valence-corrected chi connectivity index (χ1v) is 6.69. The van der Waals surface area contributed by atoms with Crippen molar-refractivity contribution in [3.8, 4) is 0 Å². The highest BCUT2D eigenvalue weighted by molar-refractivity contribution is 5.76. The quantitative estimate of drug-likeness (QED) is 0.853. The van der Waals surface area contributed by atoms with Gasteiger partial charge in [0.1, 0.15) is 5.76 Å². The van der Waals surface area contributed by atoms with Crippen LogP contribution in [0, 0.1) is 5.92 Å². The topological polar surface area (TPSA) is 79.5 Å². The monoisotopic (exact) mass is 265 g/mol. The van der Waals surface area contributed by atoms with Crippen molar-refractivity contribution in [3.63, 3.8) is 0 Å². The first-order chi connectivity index (χ1) is 9.15. The summed E-state index contributed by atoms with van der Waals surface area (Å²) < 4.78 is 5.17. The molecule has 1 aromatic rings. The molecule has 19 heavy (non-hydrogen) atoms. The van der Waals surface area contributed by atoms with E-state index in [1.54, 1.807) is 12.3 Å². The summed E-state index contributed by atoms with van der Waals surface area (Å²) in [5, 5.41) is 11.9. The number of carboxylic acids is 1. The molecular weight excluding hydrogens is 246 g/mol. The number of rotatable bonds is 5. The number of hydrogen-bond acceptors (Lipinski definition) is 3. The molecule has 1 heterocycles. The highest BCUT2D eigenvalue weighted by Crippen LogP contribution is 2.24. The Labute approximate surface area is 112 Å². The maximum atomic E-state index is 11.8. The van der Waals surface area contributed by atoms with Gasteiger partial charge in [0.15, 0.2) is 0 Å². The van der Waals surface area contributed by atoms with Crippen molar-refractivity contribution >= 4 is 11.9 Å². The summed E-state index contributed by atoms with van der Waals surface area (Å²) in [6, 6.07) is 3.78. The minimum absolute atomic E-state index is 0.00942. The summed E-state index contributed by atoms with van der Waals surface area (Å²) in [6.07, 6.45) is 5.42. The molecule has 5 nitrogen and oxygen atoms in total. The first-order valence-electron chi connectivity index (χ1n) is 6.69. The molecular formula is C14H19NO4. The SMILES string of the molecule is O=C(CCc1ccco1)NC1CCC(C(=O)O)CC1. The molecule has 0 unspecified atom stereocenters. The molecule has 0 saturated heterocycles. The molecule has 1 aromatic heterocycles. The van der Waals surface area contributed by atoms with Gasteiger partial charge in [-0.05, 0) is 37.8 Å². The third-order valence-electron chi connectivity index (χ3n) is 3.62. The van der Waals surface area contributed by atoms with E-state index in [2.05, 4.69) is 5.32 Å². The molecule has 0 spiro atoms. The molecule has 2 rings (SSSR count). The Bertz CT molecular complexity index is 419. The lowest BCUT2D eigenvalue weighted by atomic mass is 9.86. The van der Waals surface area contributed by atoms with Crippen molar-refractivity contribution in [2.75, 3.05) is 0 Å². The average molecular weight is 265 g/mol. The van der Waals surface area contributed by atoms with Crippen LogP contribution in [0.15, 0.2) is 22.8 Å². The Morgan fingerprint density at radius 3 is 2.63 bits per heavy atom. The van der Waals surface area contributed by atoms with Crippen LogP contribution in [0.2, 0.25) is 0 Å². The number of amides is 1. The molecule has 0 radical (unpaired) electrons. The van der Waals surface area contributed by atoms with Crippen LogP contribution >= 0.6 is 0 Å². The van der Waals surface area contributed by atoms with E-state index in [-0.39, 0.29) is 17.9 Å². The number of nitrogens with one attached hydrogen (secondary N) is 1. The van der Waals surface area contributed by atoms with Crippen molar-refractivity contribution in [1.82, 2.24) is 5.32 Å². The zero-order chi connectivity index (χ0) is 13.7. The summed E-state index contributed by atoms with van der Waals surface area (Å²) in [7, 11) is 0. The van der Waals surface area contributed by atoms with Gasteiger partial charge in [-0.1, -0.05) is 0 Å². The molecule has 1 amide bonds. The van der Waals surface area contributed by atoms with Crippen LogP contribution in [0.3, 0.4) is 0 Å². The Hall–Kier alpha value is -1.78. The molecule has 0 aliphatic heterocycles. The van der Waals surface area contributed by atoms with Crippen molar-refractivity contribution in [2.45, 2.75) is 44.6 Å². The molecule has 1 fully saturated rings. The third kappa shape index (κ3) is 4.12. The lowest BCUT2D eigenvalue weighted by molar-refractivity contribution is -0.142. The Morgan fingerprint density at radius 2 is 2.05 bits per heavy atom. The van der Waals surface area contributed by atoms with Crippen LogP contribution < -0.4 is 5.32 Å². The summed E-state index contributed by atoms with van der Waals surface area (Å²) in [6.45, 7) is 0. The molecule has 104 valence electrons. The molecule has 0 atom stereocenters. The van der Waals surface area contributed by atoms with Gasteiger partial charge in [-0.2, -0.15) is 0 Å². The Kier molecular flexibility index (Phi) is 4.60. The van der Waals surface area contributed by atoms with Crippen LogP contribution in [0.5, 0.6) is 0 Å². The third-order valence-corrected chi connectivity index (χ3v) is 3.62. The maximum absolute atomic E-state index is 11.8. The predicted octanol–water partition coefficient (Wildman–Crippen LogP) is 1.97. The summed E-state index contributed by atoms with van der Waals surface area (Å²) in [4.78, 5) is 22.6. The lowest BCUT2D eigenvalue weighted by Gasteiger charge is -2.26. The highest BCUT2D eigenvalue weighted by atomic mass is 16.4. The van der Waals surface area contributed by atoms with Gasteiger partial charge in [0.25, 0.3) is 0 Å². The second kappa shape index (κ2) is 6.41. The lowest BCUT2D eigenvalue weighted by Crippen LogP contribution is -2.38. The number of aliphatic carboxylic acids is 1. The normalized spacial score (nSPS) is 22.9. The fourth-order valence-corrected chi connectivity index (χ4v) is 2.48. The molecule has 1 aliphatic rings. The highest BCUT2D eigenvalue weighted by Gasteiger charge is 2.26. The van der Waals surface area contributed by atoms with Crippen molar-refractivity contribution in [2.24, 2.45) is 5.92 Å². The second-order valence-electron chi connectivity index (χ2n) is 5.03. The zero-order valence-electron chi connectivity index (χ0n) is 10.8. The van der Waals surface area contributed by atoms with E-state index in [4.69, 9.17) is 9.52 Å². The molecule has 5 heteroatoms. The van der Waals surface area contributed by atoms with Crippen LogP contribution in [-0.2, 0) is 16.0 Å². The number of furan rings is 1. The van der Waals surface area contributed by atoms with Gasteiger partial charge in [0.2, 0.25) is 5.91 Å². The zero-order valence-corrected chi connectivity index (χ0v) is 10.8. The minimum atomic E-state index is -0.720. The number of hydrogen-bond donors (Lipinski definition) is 2. The number of carbonyl (C=O) groups excluding carboxylic acids is 1. The van der Waals surface area contributed by atoms with Crippen molar-refractivity contribution in [1.29, 1.82) is 0 Å². The van der Waals surface area contributed by atoms with Gasteiger partial charge in [-0.15, -0.1) is 0 Å². The van der Waals surface area contributed by atoms with Gasteiger partial charge >= 0.3 is 5.97 Å². The maximum Gasteiger partial charge on any atom is 0.306 e. The molecule has 0 aromatic carbocycles. The summed E-state index contributed by atoms with van der Waals surface area (Å²) >= 11 is 0. The largest absolute Gasteiger partial charge is 0.481 e. The van der Waals surface area contributed by atoms with Gasteiger partial charge in [0, 0.05) is 18.9 Å². The average Bonchev–Trinajstić information content (AvgIpc) is 2.90. The van der Waals surface area contributed by atoms with Crippen LogP contribution in [-0.4, -0.2) is 23.0 Å². The Morgan fingerprint density at radius 1 is 1.32 bits per heavy atom. The number of carboxylic acid groups (broad SMARTS) is 1. The van der Waals surface area contributed by atoms with Crippen molar-refractivity contribution < 1.29 is 19.1 Å². The van der Waals surface area contributed by atoms with E-state index in [0.717, 1.165) is 18.6 Å². The van der Waals surface area contributed by atoms with E-state index in [0.29, 0.717) is 25.7 Å². The van der Waals surface area contributed by atoms with E-state index < -0.39 is 5.97 Å². The first kappa shape index (κ1) is 13.6. The summed E-state index contributed by atoms with van der Waals surface area (Å²) in [5.74, 6) is -0.140. The molecule has 1 saturated carbocycles. The molecule has 0 bridgehead atoms. The van der Waals surface area contributed by atoms with E-state index >= 15 is 0 Å².